The van der Waals surface area contributed by atoms with Gasteiger partial charge in [0.25, 0.3) is 5.91 Å². The van der Waals surface area contributed by atoms with E-state index in [-0.39, 0.29) is 19.0 Å². The molecule has 0 aliphatic rings. The van der Waals surface area contributed by atoms with Crippen LogP contribution in [0.4, 0.5) is 0 Å². The van der Waals surface area contributed by atoms with Crippen LogP contribution >= 0.6 is 0 Å². The summed E-state index contributed by atoms with van der Waals surface area (Å²) in [4.78, 5) is 27.3. The zero-order valence-electron chi connectivity index (χ0n) is 9.40. The molecule has 0 aliphatic heterocycles. The molecule has 3 N–H and O–H groups in total. The molecule has 6 heteroatoms. The van der Waals surface area contributed by atoms with Crippen molar-refractivity contribution in [1.29, 1.82) is 0 Å². The summed E-state index contributed by atoms with van der Waals surface area (Å²) in [5, 5.41) is 0. The van der Waals surface area contributed by atoms with Crippen LogP contribution in [0, 0.1) is 0 Å². The number of hydrogen-bond donors (Lipinski definition) is 2. The normalized spacial score (nSPS) is 10.7. The van der Waals surface area contributed by atoms with Crippen LogP contribution in [0.1, 0.15) is 17.4 Å². The highest BCUT2D eigenvalue weighted by atomic mass is 16.3. The van der Waals surface area contributed by atoms with E-state index in [2.05, 4.69) is 4.98 Å². The van der Waals surface area contributed by atoms with Crippen molar-refractivity contribution >= 4 is 22.9 Å². The van der Waals surface area contributed by atoms with Crippen molar-refractivity contribution < 1.29 is 14.0 Å². The topological polar surface area (TPSA) is 92.3 Å². The molecule has 0 bridgehead atoms. The van der Waals surface area contributed by atoms with Gasteiger partial charge in [-0.1, -0.05) is 0 Å². The van der Waals surface area contributed by atoms with Gasteiger partial charge in [0, 0.05) is 32.1 Å². The van der Waals surface area contributed by atoms with Crippen LogP contribution in [0.15, 0.2) is 22.8 Å². The number of fused-ring (bicyclic) bond motifs is 1. The molecule has 17 heavy (non-hydrogen) atoms. The fourth-order valence-corrected chi connectivity index (χ4v) is 1.64. The van der Waals surface area contributed by atoms with E-state index in [1.165, 1.54) is 13.2 Å². The number of aromatic nitrogens is 1. The number of carbonyl (C=O) groups excluding carboxylic acids is 2. The minimum atomic E-state index is -0.394. The molecule has 0 atom stereocenters. The molecule has 0 spiro atoms. The van der Waals surface area contributed by atoms with Crippen molar-refractivity contribution in [2.45, 2.75) is 6.92 Å². The molecule has 2 amide bonds. The molecule has 2 heterocycles. The number of H-pyrrole nitrogens is 1. The van der Waals surface area contributed by atoms with Crippen molar-refractivity contribution in [3.05, 3.63) is 24.1 Å². The maximum absolute atomic E-state index is 12.0. The summed E-state index contributed by atoms with van der Waals surface area (Å²) >= 11 is 0. The average Bonchev–Trinajstić information content (AvgIpc) is 2.84. The molecule has 0 saturated carbocycles. The summed E-state index contributed by atoms with van der Waals surface area (Å²) in [6, 6.07) is 3.29. The van der Waals surface area contributed by atoms with Gasteiger partial charge in [-0.15, -0.1) is 0 Å². The third-order valence-corrected chi connectivity index (χ3v) is 2.45. The first-order valence-electron chi connectivity index (χ1n) is 5.22. The Bertz CT molecular complexity index is 527. The van der Waals surface area contributed by atoms with E-state index in [4.69, 9.17) is 10.2 Å². The van der Waals surface area contributed by atoms with Gasteiger partial charge in [-0.05, 0) is 0 Å². The Morgan fingerprint density at radius 3 is 2.88 bits per heavy atom. The number of rotatable bonds is 3. The molecule has 0 aliphatic carbocycles. The molecular weight excluding hydrogens is 222 g/mol. The van der Waals surface area contributed by atoms with Gasteiger partial charge >= 0.3 is 0 Å². The van der Waals surface area contributed by atoms with Gasteiger partial charge in [0.05, 0.1) is 11.8 Å². The number of imide groups is 1. The quantitative estimate of drug-likeness (QED) is 0.819. The van der Waals surface area contributed by atoms with Crippen molar-refractivity contribution in [2.24, 2.45) is 5.73 Å². The van der Waals surface area contributed by atoms with Gasteiger partial charge in [0.2, 0.25) is 5.91 Å². The summed E-state index contributed by atoms with van der Waals surface area (Å²) in [7, 11) is 0. The number of nitrogens with zero attached hydrogens (tertiary/aromatic N) is 1. The van der Waals surface area contributed by atoms with Crippen LogP contribution in [-0.2, 0) is 4.79 Å². The zero-order chi connectivity index (χ0) is 12.4. The van der Waals surface area contributed by atoms with E-state index in [9.17, 15) is 9.59 Å². The van der Waals surface area contributed by atoms with Crippen LogP contribution in [0.2, 0.25) is 0 Å². The highest BCUT2D eigenvalue weighted by Crippen LogP contribution is 2.17. The van der Waals surface area contributed by atoms with Crippen LogP contribution in [0.5, 0.6) is 0 Å². The second kappa shape index (κ2) is 4.42. The molecule has 2 aromatic rings. The molecular formula is C11H13N3O3. The van der Waals surface area contributed by atoms with Gasteiger partial charge in [-0.3, -0.25) is 14.5 Å². The lowest BCUT2D eigenvalue weighted by molar-refractivity contribution is -0.126. The minimum absolute atomic E-state index is 0.203. The number of nitrogens with two attached hydrogens (primary N) is 1. The molecule has 0 aromatic carbocycles. The smallest absolute Gasteiger partial charge is 0.277 e. The number of furan rings is 1. The van der Waals surface area contributed by atoms with Crippen molar-refractivity contribution in [3.8, 4) is 0 Å². The summed E-state index contributed by atoms with van der Waals surface area (Å²) in [6.07, 6.45) is 1.53. The summed E-state index contributed by atoms with van der Waals surface area (Å²) in [6.45, 7) is 1.78. The standard InChI is InChI=1S/C11H13N3O3/c1-7(15)14(4-3-12)11(16)9-6-10-8(13-9)2-5-17-10/h2,5-6,13H,3-4,12H2,1H3. The first-order valence-corrected chi connectivity index (χ1v) is 5.22. The molecule has 0 fully saturated rings. The molecule has 0 saturated heterocycles. The van der Waals surface area contributed by atoms with Crippen LogP contribution in [0.25, 0.3) is 11.1 Å². The number of amides is 2. The highest BCUT2D eigenvalue weighted by Gasteiger charge is 2.21. The average molecular weight is 235 g/mol. The lowest BCUT2D eigenvalue weighted by atomic mass is 10.3. The Morgan fingerprint density at radius 1 is 1.53 bits per heavy atom. The fourth-order valence-electron chi connectivity index (χ4n) is 1.64. The monoisotopic (exact) mass is 235 g/mol. The summed E-state index contributed by atoms with van der Waals surface area (Å²) in [5.41, 5.74) is 7.00. The number of carbonyl (C=O) groups is 2. The Kier molecular flexibility index (Phi) is 2.97. The Hall–Kier alpha value is -2.08. The molecule has 2 rings (SSSR count). The maximum atomic E-state index is 12.0. The second-order valence-corrected chi connectivity index (χ2v) is 3.65. The molecule has 2 aromatic heterocycles. The van der Waals surface area contributed by atoms with Gasteiger partial charge < -0.3 is 15.1 Å². The largest absolute Gasteiger partial charge is 0.463 e. The van der Waals surface area contributed by atoms with Gasteiger partial charge in [-0.25, -0.2) is 0 Å². The van der Waals surface area contributed by atoms with Gasteiger partial charge in [-0.2, -0.15) is 0 Å². The van der Waals surface area contributed by atoms with E-state index < -0.39 is 5.91 Å². The molecule has 0 radical (unpaired) electrons. The third-order valence-electron chi connectivity index (χ3n) is 2.45. The predicted octanol–water partition coefficient (Wildman–Crippen LogP) is 0.708. The second-order valence-electron chi connectivity index (χ2n) is 3.65. The number of hydrogen-bond acceptors (Lipinski definition) is 4. The Balaban J connectivity index is 2.29. The van der Waals surface area contributed by atoms with E-state index in [1.54, 1.807) is 12.1 Å². The lowest BCUT2D eigenvalue weighted by Gasteiger charge is -2.16. The fraction of sp³-hybridized carbons (Fsp3) is 0.273. The predicted molar refractivity (Wildman–Crippen MR) is 61.3 cm³/mol. The van der Waals surface area contributed by atoms with Gasteiger partial charge in [0.15, 0.2) is 5.58 Å². The van der Waals surface area contributed by atoms with Crippen molar-refractivity contribution in [3.63, 3.8) is 0 Å². The van der Waals surface area contributed by atoms with Crippen LogP contribution < -0.4 is 5.73 Å². The molecule has 0 unspecified atom stereocenters. The first-order chi connectivity index (χ1) is 8.13. The Labute approximate surface area is 97.4 Å². The third kappa shape index (κ3) is 2.07. The molecule has 6 nitrogen and oxygen atoms in total. The summed E-state index contributed by atoms with van der Waals surface area (Å²) < 4.78 is 5.14. The highest BCUT2D eigenvalue weighted by molar-refractivity contribution is 6.05. The van der Waals surface area contributed by atoms with Crippen LogP contribution in [-0.4, -0.2) is 34.8 Å². The molecule has 90 valence electrons. The van der Waals surface area contributed by atoms with E-state index in [0.29, 0.717) is 11.3 Å². The van der Waals surface area contributed by atoms with E-state index >= 15 is 0 Å². The summed E-state index contributed by atoms with van der Waals surface area (Å²) in [5.74, 6) is -0.721. The maximum Gasteiger partial charge on any atom is 0.277 e. The van der Waals surface area contributed by atoms with Crippen LogP contribution in [0.3, 0.4) is 0 Å². The van der Waals surface area contributed by atoms with Gasteiger partial charge in [0.1, 0.15) is 5.69 Å². The SMILES string of the molecule is CC(=O)N(CCN)C(=O)c1cc2occc2[nH]1. The lowest BCUT2D eigenvalue weighted by Crippen LogP contribution is -2.39. The zero-order valence-corrected chi connectivity index (χ0v) is 9.40. The van der Waals surface area contributed by atoms with E-state index in [0.717, 1.165) is 10.4 Å². The van der Waals surface area contributed by atoms with Crippen molar-refractivity contribution in [1.82, 2.24) is 9.88 Å². The minimum Gasteiger partial charge on any atom is -0.463 e. The Morgan fingerprint density at radius 2 is 2.29 bits per heavy atom. The van der Waals surface area contributed by atoms with Crippen molar-refractivity contribution in [2.75, 3.05) is 13.1 Å². The first kappa shape index (κ1) is 11.4. The van der Waals surface area contributed by atoms with E-state index in [1.807, 2.05) is 0 Å². The number of nitrogens with one attached hydrogen (secondary N) is 1. The number of aromatic amines is 1.